The lowest BCUT2D eigenvalue weighted by Crippen LogP contribution is -2.38. The van der Waals surface area contributed by atoms with E-state index in [0.29, 0.717) is 33.7 Å². The molecule has 0 unspecified atom stereocenters. The Morgan fingerprint density at radius 2 is 2.19 bits per heavy atom. The molecule has 0 spiro atoms. The Bertz CT molecular complexity index is 898. The number of carbonyl (C=O) groups excluding carboxylic acids is 1. The van der Waals surface area contributed by atoms with Gasteiger partial charge in [-0.15, -0.1) is 0 Å². The fourth-order valence-corrected chi connectivity index (χ4v) is 3.92. The Kier molecular flexibility index (Phi) is 4.91. The lowest BCUT2D eigenvalue weighted by Gasteiger charge is -2.35. The van der Waals surface area contributed by atoms with Crippen molar-refractivity contribution in [1.29, 1.82) is 5.26 Å². The van der Waals surface area contributed by atoms with Gasteiger partial charge in [0.1, 0.15) is 28.6 Å². The molecule has 8 heteroatoms. The van der Waals surface area contributed by atoms with Crippen LogP contribution in [-0.4, -0.2) is 29.8 Å². The molecular weight excluding hydrogens is 352 g/mol. The molecule has 0 bridgehead atoms. The lowest BCUT2D eigenvalue weighted by molar-refractivity contribution is -0.136. The number of aliphatic imine (C=N–C) groups is 1. The van der Waals surface area contributed by atoms with Gasteiger partial charge in [-0.1, -0.05) is 18.2 Å². The number of thioether (sulfide) groups is 1. The first-order valence-electron chi connectivity index (χ1n) is 7.99. The van der Waals surface area contributed by atoms with Crippen molar-refractivity contribution in [1.82, 2.24) is 4.90 Å². The molecule has 0 saturated carbocycles. The van der Waals surface area contributed by atoms with E-state index in [0.717, 1.165) is 5.56 Å². The van der Waals surface area contributed by atoms with Crippen molar-refractivity contribution in [2.24, 2.45) is 10.7 Å². The number of allylic oxidation sites excluding steroid dienone is 2. The molecule has 26 heavy (non-hydrogen) atoms. The Balaban J connectivity index is 2.24. The number of hydrogen-bond acceptors (Lipinski definition) is 8. The molecule has 3 rings (SSSR count). The number of rotatable bonds is 4. The number of hydrogen-bond donors (Lipinski definition) is 1. The topological polar surface area (TPSA) is 101 Å². The first kappa shape index (κ1) is 17.9. The number of nitrogens with two attached hydrogens (primary N) is 1. The molecular formula is C18H18N4O3S. The molecule has 2 aliphatic heterocycles. The first-order valence-corrected chi connectivity index (χ1v) is 8.81. The molecule has 0 aromatic heterocycles. The minimum Gasteiger partial charge on any atom is -0.494 e. The maximum Gasteiger partial charge on any atom is 0.338 e. The van der Waals surface area contributed by atoms with Crippen molar-refractivity contribution in [3.05, 3.63) is 51.8 Å². The molecule has 134 valence electrons. The van der Waals surface area contributed by atoms with Gasteiger partial charge in [-0.2, -0.15) is 5.26 Å². The van der Waals surface area contributed by atoms with Crippen molar-refractivity contribution in [3.63, 3.8) is 0 Å². The second kappa shape index (κ2) is 7.14. The van der Waals surface area contributed by atoms with Crippen LogP contribution in [0.15, 0.2) is 51.3 Å². The SMILES string of the molecule is CCOc1ccccc1[C@H]1C(C(=O)OC)=C(C)N=C2SC(C#N)=C(N)N21. The summed E-state index contributed by atoms with van der Waals surface area (Å²) < 4.78 is 10.7. The average Bonchev–Trinajstić information content (AvgIpc) is 2.96. The number of nitriles is 1. The predicted octanol–water partition coefficient (Wildman–Crippen LogP) is 2.64. The Labute approximate surface area is 155 Å². The molecule has 0 fully saturated rings. The van der Waals surface area contributed by atoms with E-state index >= 15 is 0 Å². The van der Waals surface area contributed by atoms with E-state index in [9.17, 15) is 10.1 Å². The zero-order chi connectivity index (χ0) is 18.8. The summed E-state index contributed by atoms with van der Waals surface area (Å²) in [6, 6.07) is 8.93. The number of fused-ring (bicyclic) bond motifs is 1. The molecule has 2 aliphatic rings. The first-order chi connectivity index (χ1) is 12.5. The Morgan fingerprint density at radius 1 is 1.46 bits per heavy atom. The van der Waals surface area contributed by atoms with Crippen molar-refractivity contribution >= 4 is 22.9 Å². The lowest BCUT2D eigenvalue weighted by atomic mass is 9.93. The summed E-state index contributed by atoms with van der Waals surface area (Å²) in [6.45, 7) is 4.11. The van der Waals surface area contributed by atoms with E-state index in [1.54, 1.807) is 11.8 Å². The predicted molar refractivity (Wildman–Crippen MR) is 98.8 cm³/mol. The van der Waals surface area contributed by atoms with Crippen LogP contribution in [0.3, 0.4) is 0 Å². The summed E-state index contributed by atoms with van der Waals surface area (Å²) in [5.41, 5.74) is 7.86. The number of ether oxygens (including phenoxy) is 2. The van der Waals surface area contributed by atoms with Gasteiger partial charge >= 0.3 is 5.97 Å². The Hall–Kier alpha value is -2.92. The van der Waals surface area contributed by atoms with Gasteiger partial charge in [-0.25, -0.2) is 9.79 Å². The van der Waals surface area contributed by atoms with Gasteiger partial charge in [0.25, 0.3) is 0 Å². The van der Waals surface area contributed by atoms with E-state index in [4.69, 9.17) is 15.2 Å². The third kappa shape index (κ3) is 2.80. The van der Waals surface area contributed by atoms with Crippen molar-refractivity contribution in [2.45, 2.75) is 19.9 Å². The number of esters is 1. The monoisotopic (exact) mass is 370 g/mol. The number of benzene rings is 1. The average molecular weight is 370 g/mol. The molecule has 7 nitrogen and oxygen atoms in total. The summed E-state index contributed by atoms with van der Waals surface area (Å²) in [5, 5.41) is 9.90. The molecule has 2 N–H and O–H groups in total. The fraction of sp³-hybridized carbons (Fsp3) is 0.278. The Morgan fingerprint density at radius 3 is 2.85 bits per heavy atom. The van der Waals surface area contributed by atoms with Crippen LogP contribution in [0.2, 0.25) is 0 Å². The van der Waals surface area contributed by atoms with Crippen LogP contribution >= 0.6 is 11.8 Å². The number of para-hydroxylation sites is 1. The van der Waals surface area contributed by atoms with Gasteiger partial charge in [-0.05, 0) is 31.7 Å². The number of nitrogens with zero attached hydrogens (tertiary/aromatic N) is 3. The van der Waals surface area contributed by atoms with Gasteiger partial charge in [0.05, 0.1) is 25.0 Å². The highest BCUT2D eigenvalue weighted by Gasteiger charge is 2.43. The molecule has 1 aromatic rings. The van der Waals surface area contributed by atoms with E-state index < -0.39 is 12.0 Å². The summed E-state index contributed by atoms with van der Waals surface area (Å²) in [5.74, 6) is 0.407. The standard InChI is InChI=1S/C18H18N4O3S/c1-4-25-12-8-6-5-7-11(12)15-14(17(23)24-3)10(2)21-18-22(15)16(20)13(9-19)26-18/h5-8,15H,4,20H2,1-3H3/t15-/m0/s1. The fourth-order valence-electron chi connectivity index (χ4n) is 3.00. The summed E-state index contributed by atoms with van der Waals surface area (Å²) >= 11 is 1.19. The van der Waals surface area contributed by atoms with Gasteiger partial charge in [0.15, 0.2) is 5.17 Å². The van der Waals surface area contributed by atoms with Crippen LogP contribution in [0, 0.1) is 11.3 Å². The van der Waals surface area contributed by atoms with Crippen molar-refractivity contribution < 1.29 is 14.3 Å². The molecule has 0 amide bonds. The number of carbonyl (C=O) groups is 1. The normalized spacial score (nSPS) is 19.1. The minimum atomic E-state index is -0.587. The summed E-state index contributed by atoms with van der Waals surface area (Å²) in [4.78, 5) is 19.0. The van der Waals surface area contributed by atoms with Crippen LogP contribution in [-0.2, 0) is 9.53 Å². The molecule has 0 radical (unpaired) electrons. The second-order valence-electron chi connectivity index (χ2n) is 5.56. The maximum absolute atomic E-state index is 12.5. The highest BCUT2D eigenvalue weighted by molar-refractivity contribution is 8.17. The van der Waals surface area contributed by atoms with Crippen LogP contribution in [0.4, 0.5) is 0 Å². The van der Waals surface area contributed by atoms with Crippen LogP contribution in [0.1, 0.15) is 25.5 Å². The van der Waals surface area contributed by atoms with E-state index in [1.807, 2.05) is 31.2 Å². The van der Waals surface area contributed by atoms with Crippen molar-refractivity contribution in [2.75, 3.05) is 13.7 Å². The van der Waals surface area contributed by atoms with Crippen LogP contribution < -0.4 is 10.5 Å². The third-order valence-electron chi connectivity index (χ3n) is 4.10. The minimum absolute atomic E-state index is 0.265. The number of amidine groups is 1. The molecule has 1 aromatic carbocycles. The maximum atomic E-state index is 12.5. The van der Waals surface area contributed by atoms with Gasteiger partial charge in [0, 0.05) is 5.56 Å². The zero-order valence-electron chi connectivity index (χ0n) is 14.6. The highest BCUT2D eigenvalue weighted by atomic mass is 32.2. The third-order valence-corrected chi connectivity index (χ3v) is 5.07. The highest BCUT2D eigenvalue weighted by Crippen LogP contribution is 2.47. The molecule has 1 atom stereocenters. The summed E-state index contributed by atoms with van der Waals surface area (Å²) in [7, 11) is 1.33. The largest absolute Gasteiger partial charge is 0.494 e. The zero-order valence-corrected chi connectivity index (χ0v) is 15.5. The second-order valence-corrected chi connectivity index (χ2v) is 6.53. The van der Waals surface area contributed by atoms with Gasteiger partial charge in [-0.3, -0.25) is 4.90 Å². The van der Waals surface area contributed by atoms with Gasteiger partial charge < -0.3 is 15.2 Å². The van der Waals surface area contributed by atoms with Crippen molar-refractivity contribution in [3.8, 4) is 11.8 Å². The van der Waals surface area contributed by atoms with Crippen LogP contribution in [0.25, 0.3) is 0 Å². The quantitative estimate of drug-likeness (QED) is 0.813. The molecule has 2 heterocycles. The van der Waals surface area contributed by atoms with Crippen LogP contribution in [0.5, 0.6) is 5.75 Å². The van der Waals surface area contributed by atoms with E-state index in [1.165, 1.54) is 18.9 Å². The number of methoxy groups -OCH3 is 1. The molecule has 0 aliphatic carbocycles. The molecule has 0 saturated heterocycles. The smallest absolute Gasteiger partial charge is 0.338 e. The summed E-state index contributed by atoms with van der Waals surface area (Å²) in [6.07, 6.45) is 0. The van der Waals surface area contributed by atoms with E-state index in [-0.39, 0.29) is 5.82 Å². The van der Waals surface area contributed by atoms with Gasteiger partial charge in [0.2, 0.25) is 0 Å². The van der Waals surface area contributed by atoms with E-state index in [2.05, 4.69) is 11.1 Å².